The number of nitriles is 1. The quantitative estimate of drug-likeness (QED) is 0.876. The number of anilines is 1. The Morgan fingerprint density at radius 1 is 1.43 bits per heavy atom. The molecule has 21 heavy (non-hydrogen) atoms. The van der Waals surface area contributed by atoms with Crippen LogP contribution < -0.4 is 5.32 Å². The number of ether oxygens (including phenoxy) is 1. The zero-order chi connectivity index (χ0) is 15.4. The van der Waals surface area contributed by atoms with Gasteiger partial charge in [0.2, 0.25) is 0 Å². The summed E-state index contributed by atoms with van der Waals surface area (Å²) in [5.74, 6) is -0.374. The molecule has 0 amide bonds. The summed E-state index contributed by atoms with van der Waals surface area (Å²) in [5, 5.41) is 12.3. The first-order valence-electron chi connectivity index (χ1n) is 6.55. The maximum atomic E-state index is 11.7. The van der Waals surface area contributed by atoms with Crippen LogP contribution in [0.5, 0.6) is 0 Å². The van der Waals surface area contributed by atoms with Crippen molar-refractivity contribution >= 4 is 11.7 Å². The first-order chi connectivity index (χ1) is 10.1. The minimum absolute atomic E-state index is 0.374. The number of esters is 1. The molecule has 0 bridgehead atoms. The Morgan fingerprint density at radius 2 is 2.14 bits per heavy atom. The van der Waals surface area contributed by atoms with Gasteiger partial charge in [-0.15, -0.1) is 0 Å². The SMILES string of the molecule is COC(=O)c1ccccc1NCc1cc(C#N)n(C)c1C. The number of methoxy groups -OCH3 is 1. The maximum Gasteiger partial charge on any atom is 0.339 e. The van der Waals surface area contributed by atoms with Crippen LogP contribution in [0.2, 0.25) is 0 Å². The number of hydrogen-bond donors (Lipinski definition) is 1. The van der Waals surface area contributed by atoms with E-state index in [0.717, 1.165) is 11.3 Å². The second-order valence-corrected chi connectivity index (χ2v) is 4.70. The normalized spacial score (nSPS) is 10.0. The van der Waals surface area contributed by atoms with Gasteiger partial charge in [0.05, 0.1) is 12.7 Å². The molecule has 0 fully saturated rings. The minimum Gasteiger partial charge on any atom is -0.465 e. The molecule has 1 N–H and O–H groups in total. The number of nitrogens with one attached hydrogen (secondary N) is 1. The van der Waals surface area contributed by atoms with Crippen molar-refractivity contribution in [1.82, 2.24) is 4.57 Å². The van der Waals surface area contributed by atoms with Crippen LogP contribution in [0.3, 0.4) is 0 Å². The lowest BCUT2D eigenvalue weighted by Gasteiger charge is -2.10. The Morgan fingerprint density at radius 3 is 2.76 bits per heavy atom. The Balaban J connectivity index is 2.22. The van der Waals surface area contributed by atoms with Crippen LogP contribution in [0, 0.1) is 18.3 Å². The van der Waals surface area contributed by atoms with E-state index < -0.39 is 0 Å². The fourth-order valence-corrected chi connectivity index (χ4v) is 2.16. The number of carbonyl (C=O) groups excluding carboxylic acids is 1. The molecule has 1 aromatic carbocycles. The van der Waals surface area contributed by atoms with Crippen molar-refractivity contribution in [1.29, 1.82) is 5.26 Å². The van der Waals surface area contributed by atoms with Crippen molar-refractivity contribution in [2.45, 2.75) is 13.5 Å². The van der Waals surface area contributed by atoms with E-state index in [9.17, 15) is 4.79 Å². The van der Waals surface area contributed by atoms with Crippen molar-refractivity contribution in [3.63, 3.8) is 0 Å². The summed E-state index contributed by atoms with van der Waals surface area (Å²) < 4.78 is 6.62. The summed E-state index contributed by atoms with van der Waals surface area (Å²) in [6, 6.07) is 11.2. The molecule has 0 radical (unpaired) electrons. The van der Waals surface area contributed by atoms with E-state index in [-0.39, 0.29) is 5.97 Å². The van der Waals surface area contributed by atoms with Crippen LogP contribution in [0.4, 0.5) is 5.69 Å². The summed E-state index contributed by atoms with van der Waals surface area (Å²) in [5.41, 5.74) is 3.87. The minimum atomic E-state index is -0.374. The number of para-hydroxylation sites is 1. The summed E-state index contributed by atoms with van der Waals surface area (Å²) in [6.07, 6.45) is 0. The van der Waals surface area contributed by atoms with Gasteiger partial charge in [-0.25, -0.2) is 4.79 Å². The Hall–Kier alpha value is -2.74. The lowest BCUT2D eigenvalue weighted by Crippen LogP contribution is -2.08. The number of nitrogens with zero attached hydrogens (tertiary/aromatic N) is 2. The highest BCUT2D eigenvalue weighted by molar-refractivity contribution is 5.95. The first-order valence-corrected chi connectivity index (χ1v) is 6.55. The molecule has 0 aliphatic rings. The standard InChI is InChI=1S/C16H17N3O2/c1-11-12(8-13(9-17)19(11)2)10-18-15-7-5-4-6-14(15)16(20)21-3/h4-8,18H,10H2,1-3H3. The molecule has 0 aliphatic heterocycles. The van der Waals surface area contributed by atoms with Gasteiger partial charge in [-0.2, -0.15) is 5.26 Å². The summed E-state index contributed by atoms with van der Waals surface area (Å²) in [4.78, 5) is 11.7. The molecule has 2 aromatic rings. The molecule has 1 aromatic heterocycles. The average molecular weight is 283 g/mol. The molecule has 0 saturated carbocycles. The van der Waals surface area contributed by atoms with Gasteiger partial charge in [0.25, 0.3) is 0 Å². The van der Waals surface area contributed by atoms with Gasteiger partial charge in [-0.3, -0.25) is 0 Å². The highest BCUT2D eigenvalue weighted by atomic mass is 16.5. The van der Waals surface area contributed by atoms with E-state index in [1.807, 2.05) is 36.7 Å². The van der Waals surface area contributed by atoms with Crippen molar-refractivity contribution < 1.29 is 9.53 Å². The molecule has 0 spiro atoms. The van der Waals surface area contributed by atoms with Crippen molar-refractivity contribution in [2.24, 2.45) is 7.05 Å². The zero-order valence-corrected chi connectivity index (χ0v) is 12.3. The van der Waals surface area contributed by atoms with Crippen LogP contribution in [0.1, 0.15) is 27.3 Å². The smallest absolute Gasteiger partial charge is 0.339 e. The lowest BCUT2D eigenvalue weighted by molar-refractivity contribution is 0.0602. The van der Waals surface area contributed by atoms with Crippen LogP contribution in [-0.2, 0) is 18.3 Å². The third-order valence-corrected chi connectivity index (χ3v) is 3.56. The predicted octanol–water partition coefficient (Wildman–Crippen LogP) is 2.60. The van der Waals surface area contributed by atoms with Crippen LogP contribution in [0.15, 0.2) is 30.3 Å². The van der Waals surface area contributed by atoms with Crippen LogP contribution >= 0.6 is 0 Å². The van der Waals surface area contributed by atoms with Gasteiger partial charge in [-0.1, -0.05) is 12.1 Å². The molecule has 0 aliphatic carbocycles. The van der Waals surface area contributed by atoms with E-state index in [0.29, 0.717) is 23.5 Å². The fraction of sp³-hybridized carbons (Fsp3) is 0.250. The Kier molecular flexibility index (Phi) is 4.29. The molecule has 0 saturated heterocycles. The molecule has 0 atom stereocenters. The van der Waals surface area contributed by atoms with Gasteiger partial charge in [0.15, 0.2) is 0 Å². The van der Waals surface area contributed by atoms with E-state index in [4.69, 9.17) is 10.00 Å². The number of aromatic nitrogens is 1. The largest absolute Gasteiger partial charge is 0.465 e. The molecular formula is C16H17N3O2. The summed E-state index contributed by atoms with van der Waals surface area (Å²) in [6.45, 7) is 2.50. The van der Waals surface area contributed by atoms with Crippen LogP contribution in [0.25, 0.3) is 0 Å². The van der Waals surface area contributed by atoms with Crippen molar-refractivity contribution in [3.05, 3.63) is 52.8 Å². The second kappa shape index (κ2) is 6.14. The second-order valence-electron chi connectivity index (χ2n) is 4.70. The highest BCUT2D eigenvalue weighted by Crippen LogP contribution is 2.19. The van der Waals surface area contributed by atoms with Gasteiger partial charge in [0.1, 0.15) is 11.8 Å². The van der Waals surface area contributed by atoms with Crippen molar-refractivity contribution in [2.75, 3.05) is 12.4 Å². The number of rotatable bonds is 4. The molecule has 0 unspecified atom stereocenters. The fourth-order valence-electron chi connectivity index (χ4n) is 2.16. The van der Waals surface area contributed by atoms with Gasteiger partial charge in [-0.05, 0) is 30.7 Å². The van der Waals surface area contributed by atoms with Gasteiger partial charge in [0, 0.05) is 25.0 Å². The molecule has 1 heterocycles. The Bertz CT molecular complexity index is 711. The van der Waals surface area contributed by atoms with Gasteiger partial charge < -0.3 is 14.6 Å². The highest BCUT2D eigenvalue weighted by Gasteiger charge is 2.12. The van der Waals surface area contributed by atoms with Crippen molar-refractivity contribution in [3.8, 4) is 6.07 Å². The monoisotopic (exact) mass is 283 g/mol. The Labute approximate surface area is 123 Å². The van der Waals surface area contributed by atoms with Crippen LogP contribution in [-0.4, -0.2) is 17.6 Å². The first kappa shape index (κ1) is 14.7. The lowest BCUT2D eigenvalue weighted by atomic mass is 10.1. The van der Waals surface area contributed by atoms with E-state index >= 15 is 0 Å². The zero-order valence-electron chi connectivity index (χ0n) is 12.3. The molecule has 5 nitrogen and oxygen atoms in total. The maximum absolute atomic E-state index is 11.7. The molecular weight excluding hydrogens is 266 g/mol. The van der Waals surface area contributed by atoms with Gasteiger partial charge >= 0.3 is 5.97 Å². The molecule has 5 heteroatoms. The predicted molar refractivity (Wildman–Crippen MR) is 80.0 cm³/mol. The summed E-state index contributed by atoms with van der Waals surface area (Å²) >= 11 is 0. The van der Waals surface area contributed by atoms with E-state index in [2.05, 4.69) is 11.4 Å². The topological polar surface area (TPSA) is 67.0 Å². The molecule has 2 rings (SSSR count). The average Bonchev–Trinajstić information content (AvgIpc) is 2.80. The number of hydrogen-bond acceptors (Lipinski definition) is 4. The summed E-state index contributed by atoms with van der Waals surface area (Å²) in [7, 11) is 3.22. The van der Waals surface area contributed by atoms with E-state index in [1.54, 1.807) is 12.1 Å². The molecule has 108 valence electrons. The third kappa shape index (κ3) is 2.90. The number of carbonyl (C=O) groups is 1. The van der Waals surface area contributed by atoms with E-state index in [1.165, 1.54) is 7.11 Å². The number of benzene rings is 1. The third-order valence-electron chi connectivity index (χ3n) is 3.56.